The third-order valence-corrected chi connectivity index (χ3v) is 2.67. The number of ether oxygens (including phenoxy) is 1. The first-order chi connectivity index (χ1) is 7.16. The Morgan fingerprint density at radius 2 is 2.20 bits per heavy atom. The molecule has 1 fully saturated rings. The molecule has 0 amide bonds. The van der Waals surface area contributed by atoms with Crippen LogP contribution in [-0.4, -0.2) is 17.3 Å². The highest BCUT2D eigenvalue weighted by molar-refractivity contribution is 5.52. The molecule has 15 heavy (non-hydrogen) atoms. The van der Waals surface area contributed by atoms with Crippen molar-refractivity contribution in [1.82, 2.24) is 0 Å². The Morgan fingerprint density at radius 3 is 2.87 bits per heavy atom. The topological polar surface area (TPSA) is 55.5 Å². The molecule has 3 N–H and O–H groups in total. The molecule has 1 aliphatic carbocycles. The van der Waals surface area contributed by atoms with Gasteiger partial charge in [-0.3, -0.25) is 0 Å². The Labute approximate surface area is 87.7 Å². The van der Waals surface area contributed by atoms with Crippen LogP contribution in [0.2, 0.25) is 0 Å². The summed E-state index contributed by atoms with van der Waals surface area (Å²) in [4.78, 5) is 0. The van der Waals surface area contributed by atoms with E-state index >= 15 is 0 Å². The second-order valence-corrected chi connectivity index (χ2v) is 3.84. The van der Waals surface area contributed by atoms with Crippen LogP contribution in [0.3, 0.4) is 0 Å². The third kappa shape index (κ3) is 2.21. The third-order valence-electron chi connectivity index (χ3n) is 2.67. The SMILES string of the molecule is Nc1ccc(F)cc1OC1CCCC1O. The van der Waals surface area contributed by atoms with Crippen LogP contribution in [-0.2, 0) is 0 Å². The van der Waals surface area contributed by atoms with Gasteiger partial charge in [0.15, 0.2) is 0 Å². The summed E-state index contributed by atoms with van der Waals surface area (Å²) < 4.78 is 18.4. The Hall–Kier alpha value is -1.29. The van der Waals surface area contributed by atoms with Gasteiger partial charge < -0.3 is 15.6 Å². The lowest BCUT2D eigenvalue weighted by Crippen LogP contribution is -2.26. The molecule has 1 aromatic carbocycles. The molecular weight excluding hydrogens is 197 g/mol. The molecule has 2 atom stereocenters. The molecule has 3 nitrogen and oxygen atoms in total. The number of nitrogen functional groups attached to an aromatic ring is 1. The summed E-state index contributed by atoms with van der Waals surface area (Å²) in [5.41, 5.74) is 6.04. The summed E-state index contributed by atoms with van der Waals surface area (Å²) >= 11 is 0. The summed E-state index contributed by atoms with van der Waals surface area (Å²) in [5.74, 6) is -0.0624. The summed E-state index contributed by atoms with van der Waals surface area (Å²) in [6.45, 7) is 0. The van der Waals surface area contributed by atoms with Gasteiger partial charge in [-0.25, -0.2) is 4.39 Å². The van der Waals surface area contributed by atoms with Gasteiger partial charge in [-0.1, -0.05) is 0 Å². The van der Waals surface area contributed by atoms with E-state index in [-0.39, 0.29) is 11.9 Å². The van der Waals surface area contributed by atoms with Crippen LogP contribution < -0.4 is 10.5 Å². The second kappa shape index (κ2) is 4.06. The van der Waals surface area contributed by atoms with E-state index in [0.717, 1.165) is 19.3 Å². The maximum absolute atomic E-state index is 12.9. The molecule has 4 heteroatoms. The zero-order chi connectivity index (χ0) is 10.8. The molecule has 1 aliphatic rings. The molecule has 0 saturated heterocycles. The van der Waals surface area contributed by atoms with Crippen molar-refractivity contribution in [1.29, 1.82) is 0 Å². The smallest absolute Gasteiger partial charge is 0.145 e. The molecule has 0 bridgehead atoms. The zero-order valence-electron chi connectivity index (χ0n) is 8.32. The zero-order valence-corrected chi connectivity index (χ0v) is 8.32. The maximum atomic E-state index is 12.9. The molecule has 1 aromatic rings. The van der Waals surface area contributed by atoms with Crippen LogP contribution in [0, 0.1) is 5.82 Å². The largest absolute Gasteiger partial charge is 0.485 e. The Morgan fingerprint density at radius 1 is 1.40 bits per heavy atom. The summed E-state index contributed by atoms with van der Waals surface area (Å²) in [5, 5.41) is 9.55. The quantitative estimate of drug-likeness (QED) is 0.732. The number of hydrogen-bond donors (Lipinski definition) is 2. The summed E-state index contributed by atoms with van der Waals surface area (Å²) in [7, 11) is 0. The van der Waals surface area contributed by atoms with Gasteiger partial charge in [0.05, 0.1) is 11.8 Å². The average molecular weight is 211 g/mol. The van der Waals surface area contributed by atoms with Crippen molar-refractivity contribution in [3.05, 3.63) is 24.0 Å². The second-order valence-electron chi connectivity index (χ2n) is 3.84. The molecule has 0 aromatic heterocycles. The van der Waals surface area contributed by atoms with Gasteiger partial charge in [0, 0.05) is 6.07 Å². The molecule has 2 rings (SSSR count). The number of aliphatic hydroxyl groups is 1. The van der Waals surface area contributed by atoms with Gasteiger partial charge >= 0.3 is 0 Å². The van der Waals surface area contributed by atoms with Crippen LogP contribution in [0.1, 0.15) is 19.3 Å². The molecular formula is C11H14FNO2. The standard InChI is InChI=1S/C11H14FNO2/c12-7-4-5-8(13)11(6-7)15-10-3-1-2-9(10)14/h4-6,9-10,14H,1-3,13H2. The van der Waals surface area contributed by atoms with Crippen LogP contribution in [0.5, 0.6) is 5.75 Å². The first kappa shape index (κ1) is 10.2. The van der Waals surface area contributed by atoms with Gasteiger partial charge in [-0.05, 0) is 31.4 Å². The molecule has 0 radical (unpaired) electrons. The van der Waals surface area contributed by atoms with Crippen molar-refractivity contribution in [2.75, 3.05) is 5.73 Å². The van der Waals surface area contributed by atoms with Crippen molar-refractivity contribution in [2.45, 2.75) is 31.5 Å². The average Bonchev–Trinajstić information content (AvgIpc) is 2.58. The number of rotatable bonds is 2. The molecule has 0 heterocycles. The van der Waals surface area contributed by atoms with Gasteiger partial charge in [0.2, 0.25) is 0 Å². The van der Waals surface area contributed by atoms with Crippen LogP contribution in [0.4, 0.5) is 10.1 Å². The summed E-state index contributed by atoms with van der Waals surface area (Å²) in [6, 6.07) is 4.00. The van der Waals surface area contributed by atoms with Gasteiger partial charge in [0.25, 0.3) is 0 Å². The van der Waals surface area contributed by atoms with E-state index in [0.29, 0.717) is 11.4 Å². The fraction of sp³-hybridized carbons (Fsp3) is 0.455. The highest BCUT2D eigenvalue weighted by Crippen LogP contribution is 2.28. The highest BCUT2D eigenvalue weighted by atomic mass is 19.1. The van der Waals surface area contributed by atoms with Crippen LogP contribution in [0.15, 0.2) is 18.2 Å². The fourth-order valence-corrected chi connectivity index (χ4v) is 1.82. The van der Waals surface area contributed by atoms with Crippen molar-refractivity contribution < 1.29 is 14.2 Å². The van der Waals surface area contributed by atoms with E-state index in [1.165, 1.54) is 18.2 Å². The predicted molar refractivity (Wildman–Crippen MR) is 55.1 cm³/mol. The van der Waals surface area contributed by atoms with E-state index < -0.39 is 6.10 Å². The first-order valence-corrected chi connectivity index (χ1v) is 5.06. The molecule has 0 spiro atoms. The lowest BCUT2D eigenvalue weighted by molar-refractivity contribution is 0.0607. The van der Waals surface area contributed by atoms with Gasteiger partial charge in [0.1, 0.15) is 17.7 Å². The maximum Gasteiger partial charge on any atom is 0.145 e. The lowest BCUT2D eigenvalue weighted by atomic mass is 10.2. The fourth-order valence-electron chi connectivity index (χ4n) is 1.82. The molecule has 82 valence electrons. The molecule has 1 saturated carbocycles. The van der Waals surface area contributed by atoms with Gasteiger partial charge in [-0.2, -0.15) is 0 Å². The minimum Gasteiger partial charge on any atom is -0.485 e. The minimum atomic E-state index is -0.465. The number of nitrogens with two attached hydrogens (primary N) is 1. The number of aliphatic hydroxyl groups excluding tert-OH is 1. The normalized spacial score (nSPS) is 25.5. The number of hydrogen-bond acceptors (Lipinski definition) is 3. The monoisotopic (exact) mass is 211 g/mol. The number of anilines is 1. The van der Waals surface area contributed by atoms with Crippen LogP contribution >= 0.6 is 0 Å². The van der Waals surface area contributed by atoms with E-state index in [1.54, 1.807) is 0 Å². The van der Waals surface area contributed by atoms with E-state index in [2.05, 4.69) is 0 Å². The van der Waals surface area contributed by atoms with Crippen molar-refractivity contribution in [3.63, 3.8) is 0 Å². The Bertz CT molecular complexity index is 356. The summed E-state index contributed by atoms with van der Waals surface area (Å²) in [6.07, 6.45) is 1.74. The number of halogens is 1. The number of benzene rings is 1. The predicted octanol–water partition coefficient (Wildman–Crippen LogP) is 1.70. The highest BCUT2D eigenvalue weighted by Gasteiger charge is 2.27. The van der Waals surface area contributed by atoms with Crippen molar-refractivity contribution in [2.24, 2.45) is 0 Å². The first-order valence-electron chi connectivity index (χ1n) is 5.06. The van der Waals surface area contributed by atoms with Crippen molar-refractivity contribution in [3.8, 4) is 5.75 Å². The Kier molecular flexibility index (Phi) is 2.77. The molecule has 0 aliphatic heterocycles. The lowest BCUT2D eigenvalue weighted by Gasteiger charge is -2.18. The van der Waals surface area contributed by atoms with Crippen LogP contribution in [0.25, 0.3) is 0 Å². The van der Waals surface area contributed by atoms with E-state index in [1.807, 2.05) is 0 Å². The van der Waals surface area contributed by atoms with Gasteiger partial charge in [-0.15, -0.1) is 0 Å². The Balaban J connectivity index is 2.12. The van der Waals surface area contributed by atoms with E-state index in [9.17, 15) is 9.50 Å². The minimum absolute atomic E-state index is 0.255. The molecule has 2 unspecified atom stereocenters. The van der Waals surface area contributed by atoms with Crippen molar-refractivity contribution >= 4 is 5.69 Å². The van der Waals surface area contributed by atoms with E-state index in [4.69, 9.17) is 10.5 Å².